The first-order chi connectivity index (χ1) is 12.4. The molecule has 1 saturated carbocycles. The molecule has 0 bridgehead atoms. The van der Waals surface area contributed by atoms with Gasteiger partial charge in [0.2, 0.25) is 0 Å². The molecule has 0 aliphatic heterocycles. The van der Waals surface area contributed by atoms with E-state index in [4.69, 9.17) is 4.18 Å². The average Bonchev–Trinajstić information content (AvgIpc) is 2.68. The van der Waals surface area contributed by atoms with E-state index in [2.05, 4.69) is 0 Å². The maximum atomic E-state index is 13.1. The number of Topliss-reactive ketones (excluding diaryl/α,β-unsaturated/α-hetero) is 1. The number of carbonyl (C=O) groups excluding carboxylic acids is 1. The average molecular weight is 372 g/mol. The fourth-order valence-electron chi connectivity index (χ4n) is 3.52. The van der Waals surface area contributed by atoms with Gasteiger partial charge in [-0.25, -0.2) is 0 Å². The van der Waals surface area contributed by atoms with E-state index in [-0.39, 0.29) is 17.3 Å². The Morgan fingerprint density at radius 3 is 2.19 bits per heavy atom. The van der Waals surface area contributed by atoms with Crippen molar-refractivity contribution in [1.82, 2.24) is 0 Å². The lowest BCUT2D eigenvalue weighted by atomic mass is 9.70. The zero-order chi connectivity index (χ0) is 18.6. The van der Waals surface area contributed by atoms with E-state index in [0.29, 0.717) is 18.4 Å². The van der Waals surface area contributed by atoms with E-state index in [1.807, 2.05) is 25.1 Å². The van der Waals surface area contributed by atoms with Crippen molar-refractivity contribution in [3.63, 3.8) is 0 Å². The summed E-state index contributed by atoms with van der Waals surface area (Å²) >= 11 is 0. The first-order valence-corrected chi connectivity index (χ1v) is 10.4. The van der Waals surface area contributed by atoms with E-state index in [9.17, 15) is 13.2 Å². The van der Waals surface area contributed by atoms with Crippen LogP contribution in [-0.2, 0) is 14.3 Å². The summed E-state index contributed by atoms with van der Waals surface area (Å²) in [5.74, 6) is -0.0168. The van der Waals surface area contributed by atoms with E-state index in [1.165, 1.54) is 12.1 Å². The molecule has 5 heteroatoms. The summed E-state index contributed by atoms with van der Waals surface area (Å²) in [6.07, 6.45) is 4.20. The van der Waals surface area contributed by atoms with Crippen LogP contribution in [0.3, 0.4) is 0 Å². The van der Waals surface area contributed by atoms with Crippen LogP contribution in [0.2, 0.25) is 0 Å². The molecule has 1 aliphatic rings. The smallest absolute Gasteiger partial charge is 0.293 e. The summed E-state index contributed by atoms with van der Waals surface area (Å²) in [6, 6.07) is 15.6. The number of hydrogen-bond acceptors (Lipinski definition) is 4. The Bertz CT molecular complexity index is 849. The van der Waals surface area contributed by atoms with E-state index >= 15 is 0 Å². The summed E-state index contributed by atoms with van der Waals surface area (Å²) < 4.78 is 30.5. The normalized spacial score (nSPS) is 17.0. The predicted molar refractivity (Wildman–Crippen MR) is 101 cm³/mol. The fourth-order valence-corrected chi connectivity index (χ4v) is 4.51. The number of aryl methyl sites for hydroxylation is 1. The van der Waals surface area contributed by atoms with E-state index in [0.717, 1.165) is 24.8 Å². The Hall–Kier alpha value is -1.98. The van der Waals surface area contributed by atoms with Crippen molar-refractivity contribution in [1.29, 1.82) is 0 Å². The van der Waals surface area contributed by atoms with Crippen LogP contribution in [0.4, 0.5) is 0 Å². The summed E-state index contributed by atoms with van der Waals surface area (Å²) in [5.41, 5.74) is 0.829. The van der Waals surface area contributed by atoms with Gasteiger partial charge in [-0.15, -0.1) is 0 Å². The molecule has 26 heavy (non-hydrogen) atoms. The van der Waals surface area contributed by atoms with Gasteiger partial charge < -0.3 is 0 Å². The van der Waals surface area contributed by atoms with Gasteiger partial charge in [-0.2, -0.15) is 8.42 Å². The predicted octanol–water partition coefficient (Wildman–Crippen LogP) is 4.53. The van der Waals surface area contributed by atoms with Crippen LogP contribution in [0.15, 0.2) is 59.5 Å². The van der Waals surface area contributed by atoms with Crippen molar-refractivity contribution in [2.45, 2.75) is 43.9 Å². The quantitative estimate of drug-likeness (QED) is 0.552. The molecular formula is C21H24O4S. The second-order valence-corrected chi connectivity index (χ2v) is 8.68. The van der Waals surface area contributed by atoms with Crippen LogP contribution in [0.25, 0.3) is 0 Å². The van der Waals surface area contributed by atoms with Gasteiger partial charge in [0.15, 0.2) is 5.78 Å². The van der Waals surface area contributed by atoms with Gasteiger partial charge in [-0.3, -0.25) is 8.98 Å². The topological polar surface area (TPSA) is 60.4 Å². The molecule has 0 aromatic heterocycles. The molecule has 0 heterocycles. The molecule has 1 aliphatic carbocycles. The maximum absolute atomic E-state index is 13.1. The number of carbonyl (C=O) groups is 1. The zero-order valence-corrected chi connectivity index (χ0v) is 15.8. The lowest BCUT2D eigenvalue weighted by molar-refractivity contribution is 0.0568. The van der Waals surface area contributed by atoms with Gasteiger partial charge in [0.25, 0.3) is 10.1 Å². The van der Waals surface area contributed by atoms with Crippen LogP contribution in [0, 0.1) is 12.3 Å². The largest absolute Gasteiger partial charge is 0.297 e. The molecule has 3 rings (SSSR count). The van der Waals surface area contributed by atoms with E-state index in [1.54, 1.807) is 24.3 Å². The highest BCUT2D eigenvalue weighted by Gasteiger charge is 2.41. The van der Waals surface area contributed by atoms with Crippen LogP contribution >= 0.6 is 0 Å². The summed E-state index contributed by atoms with van der Waals surface area (Å²) in [6.45, 7) is 1.80. The highest BCUT2D eigenvalue weighted by Crippen LogP contribution is 2.40. The lowest BCUT2D eigenvalue weighted by Gasteiger charge is -2.35. The van der Waals surface area contributed by atoms with Crippen LogP contribution in [-0.4, -0.2) is 20.8 Å². The van der Waals surface area contributed by atoms with Crippen LogP contribution in [0.5, 0.6) is 0 Å². The molecule has 2 aromatic rings. The Labute approximate surface area is 155 Å². The molecule has 0 amide bonds. The number of benzene rings is 2. The highest BCUT2D eigenvalue weighted by molar-refractivity contribution is 7.86. The van der Waals surface area contributed by atoms with Gasteiger partial charge in [0, 0.05) is 5.56 Å². The van der Waals surface area contributed by atoms with Gasteiger partial charge in [-0.1, -0.05) is 67.3 Å². The van der Waals surface area contributed by atoms with Crippen LogP contribution < -0.4 is 0 Å². The number of hydrogen-bond donors (Lipinski definition) is 0. The molecule has 0 saturated heterocycles. The maximum Gasteiger partial charge on any atom is 0.297 e. The molecular weight excluding hydrogens is 348 g/mol. The summed E-state index contributed by atoms with van der Waals surface area (Å²) in [5, 5.41) is 0. The molecule has 0 atom stereocenters. The molecule has 138 valence electrons. The number of ketones is 1. The lowest BCUT2D eigenvalue weighted by Crippen LogP contribution is -2.38. The summed E-state index contributed by atoms with van der Waals surface area (Å²) in [4.78, 5) is 13.3. The van der Waals surface area contributed by atoms with Gasteiger partial charge in [0.1, 0.15) is 0 Å². The van der Waals surface area contributed by atoms with E-state index < -0.39 is 15.5 Å². The molecule has 0 radical (unpaired) electrons. The Morgan fingerprint density at radius 2 is 1.58 bits per heavy atom. The minimum atomic E-state index is -3.88. The monoisotopic (exact) mass is 372 g/mol. The van der Waals surface area contributed by atoms with Gasteiger partial charge >= 0.3 is 0 Å². The summed E-state index contributed by atoms with van der Waals surface area (Å²) in [7, 11) is -3.88. The Morgan fingerprint density at radius 1 is 0.962 bits per heavy atom. The zero-order valence-electron chi connectivity index (χ0n) is 15.0. The second-order valence-electron chi connectivity index (χ2n) is 7.07. The molecule has 1 fully saturated rings. The van der Waals surface area contributed by atoms with Crippen molar-refractivity contribution in [3.8, 4) is 0 Å². The first kappa shape index (κ1) is 18.8. The number of rotatable bonds is 6. The molecule has 0 unspecified atom stereocenters. The third-order valence-electron chi connectivity index (χ3n) is 5.13. The molecule has 0 N–H and O–H groups in total. The highest BCUT2D eigenvalue weighted by atomic mass is 32.2. The van der Waals surface area contributed by atoms with Crippen molar-refractivity contribution < 1.29 is 17.4 Å². The third-order valence-corrected chi connectivity index (χ3v) is 6.41. The minimum absolute atomic E-state index is 0.0168. The first-order valence-electron chi connectivity index (χ1n) is 8.99. The van der Waals surface area contributed by atoms with Crippen molar-refractivity contribution in [2.24, 2.45) is 5.41 Å². The fraction of sp³-hybridized carbons (Fsp3) is 0.381. The third kappa shape index (κ3) is 4.05. The van der Waals surface area contributed by atoms with Gasteiger partial charge in [-0.05, 0) is 31.9 Å². The van der Waals surface area contributed by atoms with Gasteiger partial charge in [0.05, 0.1) is 16.9 Å². The minimum Gasteiger partial charge on any atom is -0.293 e. The Kier molecular flexibility index (Phi) is 5.58. The second kappa shape index (κ2) is 7.72. The SMILES string of the molecule is Cc1ccc(S(=O)(=O)OCC2(C(=O)c3ccccc3)CCCCC2)cc1. The van der Waals surface area contributed by atoms with Crippen LogP contribution in [0.1, 0.15) is 48.0 Å². The molecule has 2 aromatic carbocycles. The van der Waals surface area contributed by atoms with Crippen molar-refractivity contribution in [3.05, 3.63) is 65.7 Å². The van der Waals surface area contributed by atoms with Crippen molar-refractivity contribution in [2.75, 3.05) is 6.61 Å². The Balaban J connectivity index is 1.83. The molecule has 4 nitrogen and oxygen atoms in total. The molecule has 0 spiro atoms. The standard InChI is InChI=1S/C21H24O4S/c1-17-10-12-19(13-11-17)26(23,24)25-16-21(14-6-3-7-15-21)20(22)18-8-4-2-5-9-18/h2,4-5,8-13H,3,6-7,14-16H2,1H3. The van der Waals surface area contributed by atoms with Crippen molar-refractivity contribution >= 4 is 15.9 Å².